The molecular formula is C16H13NOS. The maximum atomic E-state index is 5.73. The summed E-state index contributed by atoms with van der Waals surface area (Å²) in [5, 5.41) is 1.28. The highest BCUT2D eigenvalue weighted by atomic mass is 32.2. The van der Waals surface area contributed by atoms with Gasteiger partial charge < -0.3 is 9.30 Å². The fourth-order valence-electron chi connectivity index (χ4n) is 2.54. The van der Waals surface area contributed by atoms with Crippen LogP contribution in [-0.4, -0.2) is 11.2 Å². The molecule has 0 saturated carbocycles. The first kappa shape index (κ1) is 11.0. The summed E-state index contributed by atoms with van der Waals surface area (Å²) in [5.41, 5.74) is 1.23. The molecule has 2 nitrogen and oxygen atoms in total. The van der Waals surface area contributed by atoms with Crippen LogP contribution >= 0.6 is 11.8 Å². The van der Waals surface area contributed by atoms with Crippen molar-refractivity contribution in [1.82, 2.24) is 4.57 Å². The van der Waals surface area contributed by atoms with Gasteiger partial charge in [0.2, 0.25) is 0 Å². The summed E-state index contributed by atoms with van der Waals surface area (Å²) < 4.78 is 8.03. The highest BCUT2D eigenvalue weighted by molar-refractivity contribution is 7.99. The first-order valence-electron chi connectivity index (χ1n) is 6.39. The van der Waals surface area contributed by atoms with Gasteiger partial charge in [0, 0.05) is 21.4 Å². The van der Waals surface area contributed by atoms with Crippen molar-refractivity contribution in [3.05, 3.63) is 54.7 Å². The van der Waals surface area contributed by atoms with Crippen molar-refractivity contribution in [3.8, 4) is 5.75 Å². The van der Waals surface area contributed by atoms with Gasteiger partial charge in [-0.1, -0.05) is 42.1 Å². The topological polar surface area (TPSA) is 14.2 Å². The fraction of sp³-hybridized carbons (Fsp3) is 0.125. The SMILES string of the molecule is c1ccc(Sc2cn3c4c(cccc24)OCC3)cc1. The van der Waals surface area contributed by atoms with Crippen molar-refractivity contribution in [2.24, 2.45) is 0 Å². The Hall–Kier alpha value is -1.87. The molecule has 19 heavy (non-hydrogen) atoms. The van der Waals surface area contributed by atoms with Gasteiger partial charge in [-0.2, -0.15) is 0 Å². The van der Waals surface area contributed by atoms with E-state index in [1.165, 1.54) is 20.7 Å². The molecule has 0 spiro atoms. The normalized spacial score (nSPS) is 13.5. The number of aromatic nitrogens is 1. The zero-order valence-electron chi connectivity index (χ0n) is 10.4. The molecule has 0 atom stereocenters. The Morgan fingerprint density at radius 3 is 2.79 bits per heavy atom. The quantitative estimate of drug-likeness (QED) is 0.691. The van der Waals surface area contributed by atoms with E-state index < -0.39 is 0 Å². The predicted octanol–water partition coefficient (Wildman–Crippen LogP) is 4.18. The lowest BCUT2D eigenvalue weighted by Gasteiger charge is -2.16. The summed E-state index contributed by atoms with van der Waals surface area (Å²) in [6, 6.07) is 16.8. The molecule has 0 saturated heterocycles. The second-order valence-electron chi connectivity index (χ2n) is 4.60. The van der Waals surface area contributed by atoms with Crippen LogP contribution in [0.15, 0.2) is 64.5 Å². The number of benzene rings is 2. The first-order valence-corrected chi connectivity index (χ1v) is 7.21. The highest BCUT2D eigenvalue weighted by Crippen LogP contribution is 2.39. The minimum atomic E-state index is 0.760. The molecule has 1 aliphatic rings. The van der Waals surface area contributed by atoms with E-state index >= 15 is 0 Å². The number of ether oxygens (including phenoxy) is 1. The molecule has 3 aromatic rings. The van der Waals surface area contributed by atoms with Crippen LogP contribution in [0.5, 0.6) is 5.75 Å². The molecule has 0 aliphatic carbocycles. The minimum Gasteiger partial charge on any atom is -0.490 e. The molecule has 0 bridgehead atoms. The van der Waals surface area contributed by atoms with Crippen LogP contribution in [0.2, 0.25) is 0 Å². The average molecular weight is 267 g/mol. The summed E-state index contributed by atoms with van der Waals surface area (Å²) in [6.45, 7) is 1.69. The van der Waals surface area contributed by atoms with Crippen molar-refractivity contribution in [2.75, 3.05) is 6.61 Å². The number of rotatable bonds is 2. The Balaban J connectivity index is 1.86. The molecule has 4 rings (SSSR count). The summed E-state index contributed by atoms with van der Waals surface area (Å²) in [4.78, 5) is 2.57. The lowest BCUT2D eigenvalue weighted by atomic mass is 10.2. The molecule has 0 N–H and O–H groups in total. The summed E-state index contributed by atoms with van der Waals surface area (Å²) >= 11 is 1.81. The second kappa shape index (κ2) is 4.35. The Morgan fingerprint density at radius 1 is 1.00 bits per heavy atom. The number of hydrogen-bond donors (Lipinski definition) is 0. The maximum absolute atomic E-state index is 5.73. The lowest BCUT2D eigenvalue weighted by molar-refractivity contribution is 0.287. The van der Waals surface area contributed by atoms with E-state index in [0.717, 1.165) is 18.9 Å². The van der Waals surface area contributed by atoms with Gasteiger partial charge >= 0.3 is 0 Å². The zero-order valence-corrected chi connectivity index (χ0v) is 11.2. The third kappa shape index (κ3) is 1.81. The van der Waals surface area contributed by atoms with Gasteiger partial charge in [-0.3, -0.25) is 0 Å². The minimum absolute atomic E-state index is 0.760. The third-order valence-electron chi connectivity index (χ3n) is 3.39. The largest absolute Gasteiger partial charge is 0.490 e. The summed E-state index contributed by atoms with van der Waals surface area (Å²) in [5.74, 6) is 1.00. The number of nitrogens with zero attached hydrogens (tertiary/aromatic N) is 1. The van der Waals surface area contributed by atoms with E-state index in [1.807, 2.05) is 17.8 Å². The van der Waals surface area contributed by atoms with Gasteiger partial charge in [0.05, 0.1) is 12.1 Å². The fourth-order valence-corrected chi connectivity index (χ4v) is 3.54. The van der Waals surface area contributed by atoms with Crippen LogP contribution in [0.4, 0.5) is 0 Å². The van der Waals surface area contributed by atoms with Crippen LogP contribution < -0.4 is 4.74 Å². The second-order valence-corrected chi connectivity index (χ2v) is 5.72. The smallest absolute Gasteiger partial charge is 0.143 e. The molecule has 1 aliphatic heterocycles. The molecule has 2 aromatic carbocycles. The molecule has 1 aromatic heterocycles. The van der Waals surface area contributed by atoms with Crippen LogP contribution in [-0.2, 0) is 6.54 Å². The van der Waals surface area contributed by atoms with E-state index in [2.05, 4.69) is 53.2 Å². The zero-order chi connectivity index (χ0) is 12.7. The summed E-state index contributed by atoms with van der Waals surface area (Å²) in [7, 11) is 0. The first-order chi connectivity index (χ1) is 9.42. The number of hydrogen-bond acceptors (Lipinski definition) is 2. The Bertz CT molecular complexity index is 733. The van der Waals surface area contributed by atoms with E-state index in [1.54, 1.807) is 0 Å². The van der Waals surface area contributed by atoms with Crippen LogP contribution in [0, 0.1) is 0 Å². The van der Waals surface area contributed by atoms with E-state index in [-0.39, 0.29) is 0 Å². The van der Waals surface area contributed by atoms with Crippen LogP contribution in [0.1, 0.15) is 0 Å². The molecule has 0 amide bonds. The number of para-hydroxylation sites is 1. The Labute approximate surface area is 116 Å². The van der Waals surface area contributed by atoms with Crippen LogP contribution in [0.25, 0.3) is 10.9 Å². The van der Waals surface area contributed by atoms with Gasteiger partial charge in [0.25, 0.3) is 0 Å². The molecule has 3 heteroatoms. The van der Waals surface area contributed by atoms with E-state index in [9.17, 15) is 0 Å². The van der Waals surface area contributed by atoms with Crippen molar-refractivity contribution in [3.63, 3.8) is 0 Å². The molecule has 94 valence electrons. The van der Waals surface area contributed by atoms with Crippen molar-refractivity contribution in [2.45, 2.75) is 16.3 Å². The van der Waals surface area contributed by atoms with Crippen molar-refractivity contribution >= 4 is 22.7 Å². The molecule has 0 radical (unpaired) electrons. The average Bonchev–Trinajstić information content (AvgIpc) is 2.81. The summed E-state index contributed by atoms with van der Waals surface area (Å²) in [6.07, 6.45) is 2.24. The van der Waals surface area contributed by atoms with Gasteiger partial charge in [-0.15, -0.1) is 0 Å². The van der Waals surface area contributed by atoms with Crippen LogP contribution in [0.3, 0.4) is 0 Å². The van der Waals surface area contributed by atoms with Gasteiger partial charge in [0.1, 0.15) is 12.4 Å². The third-order valence-corrected chi connectivity index (χ3v) is 4.44. The Kier molecular flexibility index (Phi) is 2.52. The lowest BCUT2D eigenvalue weighted by Crippen LogP contribution is -2.12. The molecule has 2 heterocycles. The predicted molar refractivity (Wildman–Crippen MR) is 78.0 cm³/mol. The monoisotopic (exact) mass is 267 g/mol. The highest BCUT2D eigenvalue weighted by Gasteiger charge is 2.17. The standard InChI is InChI=1S/C16H13NOS/c1-2-5-12(6-3-1)19-15-11-17-9-10-18-14-8-4-7-13(15)16(14)17/h1-8,11H,9-10H2. The maximum Gasteiger partial charge on any atom is 0.143 e. The van der Waals surface area contributed by atoms with E-state index in [4.69, 9.17) is 4.74 Å². The van der Waals surface area contributed by atoms with Gasteiger partial charge in [-0.05, 0) is 18.2 Å². The van der Waals surface area contributed by atoms with E-state index in [0.29, 0.717) is 0 Å². The molecule has 0 fully saturated rings. The Morgan fingerprint density at radius 2 is 1.89 bits per heavy atom. The van der Waals surface area contributed by atoms with Gasteiger partial charge in [0.15, 0.2) is 0 Å². The van der Waals surface area contributed by atoms with Crippen molar-refractivity contribution < 1.29 is 4.74 Å². The molecule has 0 unspecified atom stereocenters. The molecular weight excluding hydrogens is 254 g/mol. The van der Waals surface area contributed by atoms with Gasteiger partial charge in [-0.25, -0.2) is 0 Å². The van der Waals surface area contributed by atoms with Crippen molar-refractivity contribution in [1.29, 1.82) is 0 Å².